The van der Waals surface area contributed by atoms with Crippen molar-refractivity contribution in [3.05, 3.63) is 0 Å². The molecule has 0 fully saturated rings. The van der Waals surface area contributed by atoms with Crippen LogP contribution in [0.4, 0.5) is 4.79 Å². The van der Waals surface area contributed by atoms with E-state index in [1.165, 1.54) is 0 Å². The van der Waals surface area contributed by atoms with Crippen LogP contribution in [-0.2, 0) is 19.1 Å². The summed E-state index contributed by atoms with van der Waals surface area (Å²) in [5.74, 6) is -1.01. The number of nitrogens with one attached hydrogen (secondary N) is 2. The Labute approximate surface area is 138 Å². The lowest BCUT2D eigenvalue weighted by Gasteiger charge is -2.24. The van der Waals surface area contributed by atoms with Gasteiger partial charge < -0.3 is 20.1 Å². The molecule has 7 nitrogen and oxygen atoms in total. The number of alkyl carbamates (subject to hydrolysis) is 1. The molecular formula is C16H30N2O5. The summed E-state index contributed by atoms with van der Waals surface area (Å²) >= 11 is 0. The average molecular weight is 330 g/mol. The monoisotopic (exact) mass is 330 g/mol. The lowest BCUT2D eigenvalue weighted by molar-refractivity contribution is -0.147. The van der Waals surface area contributed by atoms with Gasteiger partial charge in [-0.2, -0.15) is 0 Å². The Morgan fingerprint density at radius 2 is 1.48 bits per heavy atom. The maximum Gasteiger partial charge on any atom is 0.407 e. The van der Waals surface area contributed by atoms with Gasteiger partial charge in [-0.05, 0) is 25.7 Å². The van der Waals surface area contributed by atoms with E-state index in [1.54, 1.807) is 6.92 Å². The van der Waals surface area contributed by atoms with Crippen molar-refractivity contribution in [3.63, 3.8) is 0 Å². The van der Waals surface area contributed by atoms with Crippen molar-refractivity contribution in [3.8, 4) is 0 Å². The fraction of sp³-hybridized carbons (Fsp3) is 0.812. The first kappa shape index (κ1) is 21.2. The Balaban J connectivity index is 4.68. The molecule has 0 aromatic carbocycles. The number of esters is 1. The number of carbonyl (C=O) groups excluding carboxylic acids is 3. The minimum absolute atomic E-state index is 0.0944. The van der Waals surface area contributed by atoms with E-state index < -0.39 is 30.1 Å². The normalized spacial score (nSPS) is 14.3. The molecule has 3 atom stereocenters. The average Bonchev–Trinajstić information content (AvgIpc) is 2.54. The standard InChI is InChI=1S/C16H30N2O5/c1-6-9-22-15(20)12(5)17-14(19)13(11(4)8-3)18-16(21)23-10-7-2/h11-13H,6-10H2,1-5H3,(H,17,19)(H,18,21). The first-order valence-electron chi connectivity index (χ1n) is 8.27. The predicted molar refractivity (Wildman–Crippen MR) is 86.9 cm³/mol. The number of hydrogen-bond acceptors (Lipinski definition) is 5. The zero-order valence-corrected chi connectivity index (χ0v) is 14.8. The molecule has 2 amide bonds. The molecule has 0 heterocycles. The van der Waals surface area contributed by atoms with Gasteiger partial charge in [0.05, 0.1) is 13.2 Å². The van der Waals surface area contributed by atoms with Crippen LogP contribution in [0.2, 0.25) is 0 Å². The smallest absolute Gasteiger partial charge is 0.407 e. The maximum atomic E-state index is 12.4. The number of carbonyl (C=O) groups is 3. The van der Waals surface area contributed by atoms with Crippen LogP contribution in [0.3, 0.4) is 0 Å². The molecule has 0 aromatic rings. The van der Waals surface area contributed by atoms with Crippen LogP contribution in [0.25, 0.3) is 0 Å². The van der Waals surface area contributed by atoms with Crippen molar-refractivity contribution in [1.29, 1.82) is 0 Å². The van der Waals surface area contributed by atoms with E-state index in [-0.39, 0.29) is 5.92 Å². The van der Waals surface area contributed by atoms with Crippen molar-refractivity contribution < 1.29 is 23.9 Å². The summed E-state index contributed by atoms with van der Waals surface area (Å²) < 4.78 is 9.94. The molecule has 0 aliphatic heterocycles. The number of ether oxygens (including phenoxy) is 2. The number of amides is 2. The van der Waals surface area contributed by atoms with Gasteiger partial charge in [0.25, 0.3) is 0 Å². The van der Waals surface area contributed by atoms with E-state index in [2.05, 4.69) is 10.6 Å². The van der Waals surface area contributed by atoms with Gasteiger partial charge in [-0.3, -0.25) is 4.79 Å². The molecule has 0 bridgehead atoms. The van der Waals surface area contributed by atoms with Gasteiger partial charge in [-0.25, -0.2) is 9.59 Å². The zero-order chi connectivity index (χ0) is 17.8. The minimum Gasteiger partial charge on any atom is -0.464 e. The van der Waals surface area contributed by atoms with Crippen molar-refractivity contribution >= 4 is 18.0 Å². The third-order valence-electron chi connectivity index (χ3n) is 3.37. The first-order valence-corrected chi connectivity index (χ1v) is 8.27. The Kier molecular flexibility index (Phi) is 10.8. The van der Waals surface area contributed by atoms with Gasteiger partial charge in [0.1, 0.15) is 12.1 Å². The van der Waals surface area contributed by atoms with E-state index in [0.717, 1.165) is 0 Å². The number of rotatable bonds is 10. The summed E-state index contributed by atoms with van der Waals surface area (Å²) in [4.78, 5) is 35.8. The van der Waals surface area contributed by atoms with Crippen molar-refractivity contribution in [1.82, 2.24) is 10.6 Å². The molecule has 7 heteroatoms. The van der Waals surface area contributed by atoms with E-state index in [4.69, 9.17) is 9.47 Å². The largest absolute Gasteiger partial charge is 0.464 e. The molecule has 0 radical (unpaired) electrons. The highest BCUT2D eigenvalue weighted by Crippen LogP contribution is 2.09. The summed E-state index contributed by atoms with van der Waals surface area (Å²) in [5, 5.41) is 5.15. The fourth-order valence-electron chi connectivity index (χ4n) is 1.76. The molecule has 0 aromatic heterocycles. The summed E-state index contributed by atoms with van der Waals surface area (Å²) in [7, 11) is 0. The van der Waals surface area contributed by atoms with Crippen LogP contribution in [0, 0.1) is 5.92 Å². The number of hydrogen-bond donors (Lipinski definition) is 2. The zero-order valence-electron chi connectivity index (χ0n) is 14.8. The highest BCUT2D eigenvalue weighted by Gasteiger charge is 2.29. The molecule has 3 unspecified atom stereocenters. The lowest BCUT2D eigenvalue weighted by Crippen LogP contribution is -2.53. The van der Waals surface area contributed by atoms with Crippen molar-refractivity contribution in [2.45, 2.75) is 66.0 Å². The van der Waals surface area contributed by atoms with E-state index in [1.807, 2.05) is 27.7 Å². The maximum absolute atomic E-state index is 12.4. The molecule has 0 spiro atoms. The fourth-order valence-corrected chi connectivity index (χ4v) is 1.76. The highest BCUT2D eigenvalue weighted by atomic mass is 16.5. The Morgan fingerprint density at radius 1 is 0.913 bits per heavy atom. The minimum atomic E-state index is -0.769. The molecule has 2 N–H and O–H groups in total. The Morgan fingerprint density at radius 3 is 2.00 bits per heavy atom. The second-order valence-corrected chi connectivity index (χ2v) is 5.54. The van der Waals surface area contributed by atoms with Crippen LogP contribution >= 0.6 is 0 Å². The molecule has 134 valence electrons. The quantitative estimate of drug-likeness (QED) is 0.598. The topological polar surface area (TPSA) is 93.7 Å². The van der Waals surface area contributed by atoms with E-state index >= 15 is 0 Å². The third kappa shape index (κ3) is 8.42. The summed E-state index contributed by atoms with van der Waals surface area (Å²) in [6.07, 6.45) is 1.48. The van der Waals surface area contributed by atoms with Gasteiger partial charge in [0.15, 0.2) is 0 Å². The molecular weight excluding hydrogens is 300 g/mol. The van der Waals surface area contributed by atoms with Crippen LogP contribution in [0.5, 0.6) is 0 Å². The van der Waals surface area contributed by atoms with Crippen molar-refractivity contribution in [2.24, 2.45) is 5.92 Å². The second-order valence-electron chi connectivity index (χ2n) is 5.54. The van der Waals surface area contributed by atoms with Crippen LogP contribution < -0.4 is 10.6 Å². The molecule has 23 heavy (non-hydrogen) atoms. The molecule has 0 aliphatic carbocycles. The van der Waals surface area contributed by atoms with E-state index in [0.29, 0.717) is 32.5 Å². The Hall–Kier alpha value is -1.79. The first-order chi connectivity index (χ1) is 10.9. The molecule has 0 aliphatic rings. The highest BCUT2D eigenvalue weighted by molar-refractivity contribution is 5.89. The van der Waals surface area contributed by atoms with Crippen molar-refractivity contribution in [2.75, 3.05) is 13.2 Å². The summed E-state index contributed by atoms with van der Waals surface area (Å²) in [6.45, 7) is 9.71. The van der Waals surface area contributed by atoms with Gasteiger partial charge in [0.2, 0.25) is 5.91 Å². The van der Waals surface area contributed by atoms with Gasteiger partial charge >= 0.3 is 12.1 Å². The predicted octanol–water partition coefficient (Wildman–Crippen LogP) is 2.00. The lowest BCUT2D eigenvalue weighted by atomic mass is 9.98. The molecule has 0 saturated heterocycles. The van der Waals surface area contributed by atoms with Crippen LogP contribution in [0.15, 0.2) is 0 Å². The van der Waals surface area contributed by atoms with Gasteiger partial charge in [0, 0.05) is 0 Å². The van der Waals surface area contributed by atoms with Gasteiger partial charge in [-0.15, -0.1) is 0 Å². The molecule has 0 saturated carbocycles. The van der Waals surface area contributed by atoms with Crippen LogP contribution in [-0.4, -0.2) is 43.3 Å². The second kappa shape index (κ2) is 11.7. The van der Waals surface area contributed by atoms with Crippen LogP contribution in [0.1, 0.15) is 53.9 Å². The van der Waals surface area contributed by atoms with Gasteiger partial charge in [-0.1, -0.05) is 34.1 Å². The Bertz CT molecular complexity index is 387. The summed E-state index contributed by atoms with van der Waals surface area (Å²) in [5.41, 5.74) is 0. The molecule has 0 rings (SSSR count). The van der Waals surface area contributed by atoms with E-state index in [9.17, 15) is 14.4 Å². The summed E-state index contributed by atoms with van der Waals surface area (Å²) in [6, 6.07) is -1.53. The third-order valence-corrected chi connectivity index (χ3v) is 3.37. The SMILES string of the molecule is CCCOC(=O)NC(C(=O)NC(C)C(=O)OCCC)C(C)CC.